The molecule has 1 saturated heterocycles. The fourth-order valence-electron chi connectivity index (χ4n) is 3.11. The molecule has 0 aliphatic carbocycles. The third-order valence-corrected chi connectivity index (χ3v) is 4.39. The van der Waals surface area contributed by atoms with Gasteiger partial charge in [0.2, 0.25) is 11.8 Å². The molecular weight excluding hydrogens is 304 g/mol. The van der Waals surface area contributed by atoms with E-state index < -0.39 is 0 Å². The van der Waals surface area contributed by atoms with E-state index in [9.17, 15) is 0 Å². The van der Waals surface area contributed by atoms with E-state index in [1.807, 2.05) is 30.3 Å². The fraction of sp³-hybridized carbons (Fsp3) is 0.333. The zero-order valence-corrected chi connectivity index (χ0v) is 13.6. The first-order valence-corrected chi connectivity index (χ1v) is 8.12. The highest BCUT2D eigenvalue weighted by atomic mass is 16.5. The number of nitrogens with zero attached hydrogens (tertiary/aromatic N) is 4. The summed E-state index contributed by atoms with van der Waals surface area (Å²) in [5.41, 5.74) is 2.18. The molecule has 0 N–H and O–H groups in total. The van der Waals surface area contributed by atoms with Gasteiger partial charge in [0.05, 0.1) is 25.8 Å². The Balaban J connectivity index is 1.53. The van der Waals surface area contributed by atoms with Crippen molar-refractivity contribution in [1.29, 1.82) is 0 Å². The second-order valence-electron chi connectivity index (χ2n) is 5.97. The molecular formula is C18H20N4O2. The highest BCUT2D eigenvalue weighted by Crippen LogP contribution is 2.26. The van der Waals surface area contributed by atoms with Crippen molar-refractivity contribution >= 4 is 0 Å². The van der Waals surface area contributed by atoms with Crippen LogP contribution in [-0.2, 0) is 18.3 Å². The monoisotopic (exact) mass is 324 g/mol. The van der Waals surface area contributed by atoms with Gasteiger partial charge in [-0.05, 0) is 24.3 Å². The van der Waals surface area contributed by atoms with Gasteiger partial charge in [-0.1, -0.05) is 18.2 Å². The molecule has 1 aliphatic heterocycles. The van der Waals surface area contributed by atoms with Crippen LogP contribution in [0.4, 0.5) is 0 Å². The van der Waals surface area contributed by atoms with Crippen LogP contribution in [0.2, 0.25) is 0 Å². The van der Waals surface area contributed by atoms with Crippen molar-refractivity contribution in [3.63, 3.8) is 0 Å². The Morgan fingerprint density at radius 2 is 2.00 bits per heavy atom. The molecule has 6 nitrogen and oxygen atoms in total. The molecule has 0 amide bonds. The van der Waals surface area contributed by atoms with Crippen LogP contribution in [0.5, 0.6) is 0 Å². The maximum atomic E-state index is 5.86. The van der Waals surface area contributed by atoms with Gasteiger partial charge in [-0.3, -0.25) is 4.90 Å². The molecule has 2 aromatic heterocycles. The minimum absolute atomic E-state index is 0.200. The number of benzene rings is 1. The minimum Gasteiger partial charge on any atom is -0.419 e. The minimum atomic E-state index is 0.200. The standard InChI is InChI=1S/C18H20N4O2/c1-21-9-5-8-15(21)16-13-23-11-10-22(16)12-17-19-20-18(24-17)14-6-3-2-4-7-14/h2-9,16H,10-13H2,1H3. The van der Waals surface area contributed by atoms with Gasteiger partial charge in [-0.25, -0.2) is 0 Å². The maximum Gasteiger partial charge on any atom is 0.247 e. The van der Waals surface area contributed by atoms with Crippen molar-refractivity contribution in [1.82, 2.24) is 19.7 Å². The maximum absolute atomic E-state index is 5.86. The van der Waals surface area contributed by atoms with Crippen LogP contribution in [0.1, 0.15) is 17.6 Å². The van der Waals surface area contributed by atoms with Crippen LogP contribution in [0, 0.1) is 0 Å². The van der Waals surface area contributed by atoms with E-state index in [4.69, 9.17) is 9.15 Å². The largest absolute Gasteiger partial charge is 0.419 e. The summed E-state index contributed by atoms with van der Waals surface area (Å²) in [7, 11) is 2.06. The third-order valence-electron chi connectivity index (χ3n) is 4.39. The van der Waals surface area contributed by atoms with E-state index in [1.54, 1.807) is 0 Å². The van der Waals surface area contributed by atoms with Crippen molar-refractivity contribution in [2.24, 2.45) is 7.05 Å². The molecule has 6 heteroatoms. The number of morpholine rings is 1. The molecule has 1 aliphatic rings. The van der Waals surface area contributed by atoms with Gasteiger partial charge in [0.1, 0.15) is 0 Å². The molecule has 24 heavy (non-hydrogen) atoms. The second kappa shape index (κ2) is 6.59. The Labute approximate surface area is 140 Å². The summed E-state index contributed by atoms with van der Waals surface area (Å²) in [5.74, 6) is 1.20. The van der Waals surface area contributed by atoms with Crippen LogP contribution < -0.4 is 0 Å². The van der Waals surface area contributed by atoms with Crippen LogP contribution in [0.25, 0.3) is 11.5 Å². The number of hydrogen-bond acceptors (Lipinski definition) is 5. The predicted octanol–water partition coefficient (Wildman–Crippen LogP) is 2.65. The number of rotatable bonds is 4. The molecule has 3 heterocycles. The molecule has 1 aromatic carbocycles. The number of hydrogen-bond donors (Lipinski definition) is 0. The first-order valence-electron chi connectivity index (χ1n) is 8.12. The number of aryl methyl sites for hydroxylation is 1. The van der Waals surface area contributed by atoms with Crippen molar-refractivity contribution in [2.75, 3.05) is 19.8 Å². The smallest absolute Gasteiger partial charge is 0.247 e. The molecule has 0 saturated carbocycles. The number of ether oxygens (including phenoxy) is 1. The highest BCUT2D eigenvalue weighted by Gasteiger charge is 2.27. The SMILES string of the molecule is Cn1cccc1C1COCCN1Cc1nnc(-c2ccccc2)o1. The molecule has 3 aromatic rings. The van der Waals surface area contributed by atoms with E-state index in [0.29, 0.717) is 24.9 Å². The lowest BCUT2D eigenvalue weighted by molar-refractivity contribution is -0.0185. The zero-order chi connectivity index (χ0) is 16.4. The van der Waals surface area contributed by atoms with Gasteiger partial charge in [0.15, 0.2) is 0 Å². The van der Waals surface area contributed by atoms with Gasteiger partial charge in [0, 0.05) is 31.0 Å². The van der Waals surface area contributed by atoms with Crippen LogP contribution in [0.3, 0.4) is 0 Å². The normalized spacial score (nSPS) is 18.8. The first-order chi connectivity index (χ1) is 11.8. The molecule has 1 atom stereocenters. The zero-order valence-electron chi connectivity index (χ0n) is 13.6. The Morgan fingerprint density at radius 3 is 2.79 bits per heavy atom. The lowest BCUT2D eigenvalue weighted by atomic mass is 10.1. The summed E-state index contributed by atoms with van der Waals surface area (Å²) in [6, 6.07) is 14.2. The summed E-state index contributed by atoms with van der Waals surface area (Å²) >= 11 is 0. The van der Waals surface area contributed by atoms with E-state index in [1.165, 1.54) is 5.69 Å². The summed E-state index contributed by atoms with van der Waals surface area (Å²) in [5, 5.41) is 8.40. The van der Waals surface area contributed by atoms with Gasteiger partial charge in [-0.15, -0.1) is 10.2 Å². The van der Waals surface area contributed by atoms with Crippen molar-refractivity contribution in [2.45, 2.75) is 12.6 Å². The van der Waals surface area contributed by atoms with E-state index >= 15 is 0 Å². The summed E-state index contributed by atoms with van der Waals surface area (Å²) < 4.78 is 13.7. The van der Waals surface area contributed by atoms with E-state index in [2.05, 4.69) is 45.0 Å². The van der Waals surface area contributed by atoms with Crippen LogP contribution in [-0.4, -0.2) is 39.4 Å². The lowest BCUT2D eigenvalue weighted by Gasteiger charge is -2.34. The molecule has 1 unspecified atom stereocenters. The molecule has 4 rings (SSSR count). The molecule has 0 bridgehead atoms. The van der Waals surface area contributed by atoms with Crippen LogP contribution >= 0.6 is 0 Å². The van der Waals surface area contributed by atoms with Crippen molar-refractivity contribution < 1.29 is 9.15 Å². The summed E-state index contributed by atoms with van der Waals surface area (Å²) in [6.45, 7) is 2.87. The molecule has 0 spiro atoms. The summed E-state index contributed by atoms with van der Waals surface area (Å²) in [4.78, 5) is 2.33. The van der Waals surface area contributed by atoms with E-state index in [0.717, 1.165) is 18.7 Å². The quantitative estimate of drug-likeness (QED) is 0.738. The third kappa shape index (κ3) is 2.98. The Bertz CT molecular complexity index is 796. The second-order valence-corrected chi connectivity index (χ2v) is 5.97. The van der Waals surface area contributed by atoms with Gasteiger partial charge < -0.3 is 13.7 Å². The first kappa shape index (κ1) is 15.1. The topological polar surface area (TPSA) is 56.3 Å². The van der Waals surface area contributed by atoms with Gasteiger partial charge in [0.25, 0.3) is 0 Å². The van der Waals surface area contributed by atoms with E-state index in [-0.39, 0.29) is 6.04 Å². The summed E-state index contributed by atoms with van der Waals surface area (Å²) in [6.07, 6.45) is 2.06. The fourth-order valence-corrected chi connectivity index (χ4v) is 3.11. The average molecular weight is 324 g/mol. The van der Waals surface area contributed by atoms with Crippen molar-refractivity contribution in [3.8, 4) is 11.5 Å². The van der Waals surface area contributed by atoms with Crippen molar-refractivity contribution in [3.05, 3.63) is 60.2 Å². The van der Waals surface area contributed by atoms with Gasteiger partial charge >= 0.3 is 0 Å². The molecule has 124 valence electrons. The number of aromatic nitrogens is 3. The molecule has 0 radical (unpaired) electrons. The average Bonchev–Trinajstić information content (AvgIpc) is 3.25. The molecule has 1 fully saturated rings. The predicted molar refractivity (Wildman–Crippen MR) is 89.1 cm³/mol. The Kier molecular flexibility index (Phi) is 4.15. The lowest BCUT2D eigenvalue weighted by Crippen LogP contribution is -2.39. The van der Waals surface area contributed by atoms with Crippen LogP contribution in [0.15, 0.2) is 53.1 Å². The highest BCUT2D eigenvalue weighted by molar-refractivity contribution is 5.51. The van der Waals surface area contributed by atoms with Gasteiger partial charge in [-0.2, -0.15) is 0 Å². The Hall–Kier alpha value is -2.44. The Morgan fingerprint density at radius 1 is 1.12 bits per heavy atom.